The van der Waals surface area contributed by atoms with Crippen molar-refractivity contribution in [1.82, 2.24) is 4.90 Å². The van der Waals surface area contributed by atoms with Gasteiger partial charge in [-0.1, -0.05) is 0 Å². The molecule has 0 atom stereocenters. The summed E-state index contributed by atoms with van der Waals surface area (Å²) >= 11 is 0. The Bertz CT molecular complexity index is 527. The Labute approximate surface area is 129 Å². The molecule has 1 amide bonds. The lowest BCUT2D eigenvalue weighted by Crippen LogP contribution is -2.38. The molecule has 0 bridgehead atoms. The number of piperidine rings is 1. The van der Waals surface area contributed by atoms with Gasteiger partial charge >= 0.3 is 5.97 Å². The summed E-state index contributed by atoms with van der Waals surface area (Å²) in [6, 6.07) is 5.10. The van der Waals surface area contributed by atoms with Gasteiger partial charge in [-0.15, -0.1) is 0 Å². The van der Waals surface area contributed by atoms with E-state index in [1.165, 1.54) is 0 Å². The van der Waals surface area contributed by atoms with E-state index in [0.717, 1.165) is 12.8 Å². The summed E-state index contributed by atoms with van der Waals surface area (Å²) in [6.45, 7) is 1.16. The SMILES string of the molecule is COc1cc(OC)cc(C(=O)N2CCC(CC(=O)O)CC2)c1. The maximum atomic E-state index is 12.6. The van der Waals surface area contributed by atoms with Gasteiger partial charge in [0.05, 0.1) is 14.2 Å². The minimum Gasteiger partial charge on any atom is -0.497 e. The molecule has 22 heavy (non-hydrogen) atoms. The Hall–Kier alpha value is -2.24. The van der Waals surface area contributed by atoms with Crippen molar-refractivity contribution in [1.29, 1.82) is 0 Å². The zero-order valence-electron chi connectivity index (χ0n) is 12.9. The normalized spacial score (nSPS) is 15.5. The molecule has 1 aromatic rings. The van der Waals surface area contributed by atoms with E-state index in [1.807, 2.05) is 0 Å². The highest BCUT2D eigenvalue weighted by Gasteiger charge is 2.25. The zero-order valence-corrected chi connectivity index (χ0v) is 12.9. The number of amides is 1. The number of ether oxygens (including phenoxy) is 2. The molecule has 120 valence electrons. The van der Waals surface area contributed by atoms with E-state index in [-0.39, 0.29) is 18.2 Å². The second-order valence-corrected chi connectivity index (χ2v) is 5.43. The summed E-state index contributed by atoms with van der Waals surface area (Å²) in [5, 5.41) is 8.83. The lowest BCUT2D eigenvalue weighted by Gasteiger charge is -2.31. The van der Waals surface area contributed by atoms with Crippen LogP contribution < -0.4 is 9.47 Å². The molecule has 1 aromatic carbocycles. The first-order chi connectivity index (χ1) is 10.5. The van der Waals surface area contributed by atoms with E-state index in [2.05, 4.69) is 0 Å². The first-order valence-electron chi connectivity index (χ1n) is 7.27. The van der Waals surface area contributed by atoms with Crippen molar-refractivity contribution in [2.24, 2.45) is 5.92 Å². The lowest BCUT2D eigenvalue weighted by molar-refractivity contribution is -0.138. The molecule has 1 heterocycles. The van der Waals surface area contributed by atoms with E-state index in [1.54, 1.807) is 37.3 Å². The Morgan fingerprint density at radius 2 is 1.68 bits per heavy atom. The van der Waals surface area contributed by atoms with Crippen molar-refractivity contribution in [2.45, 2.75) is 19.3 Å². The number of carbonyl (C=O) groups excluding carboxylic acids is 1. The highest BCUT2D eigenvalue weighted by atomic mass is 16.5. The number of hydrogen-bond acceptors (Lipinski definition) is 4. The molecule has 6 nitrogen and oxygen atoms in total. The van der Waals surface area contributed by atoms with Crippen LogP contribution in [0, 0.1) is 5.92 Å². The first-order valence-corrected chi connectivity index (χ1v) is 7.27. The molecular formula is C16H21NO5. The number of nitrogens with zero attached hydrogens (tertiary/aromatic N) is 1. The fourth-order valence-corrected chi connectivity index (χ4v) is 2.70. The van der Waals surface area contributed by atoms with Crippen LogP contribution in [-0.4, -0.2) is 49.2 Å². The number of carboxylic acids is 1. The topological polar surface area (TPSA) is 76.1 Å². The second-order valence-electron chi connectivity index (χ2n) is 5.43. The molecule has 6 heteroatoms. The van der Waals surface area contributed by atoms with Crippen molar-refractivity contribution >= 4 is 11.9 Å². The molecule has 1 saturated heterocycles. The van der Waals surface area contributed by atoms with E-state index < -0.39 is 5.97 Å². The van der Waals surface area contributed by atoms with Gasteiger partial charge < -0.3 is 19.5 Å². The van der Waals surface area contributed by atoms with Crippen molar-refractivity contribution in [3.05, 3.63) is 23.8 Å². The van der Waals surface area contributed by atoms with E-state index in [0.29, 0.717) is 30.2 Å². The molecule has 0 spiro atoms. The molecule has 0 aromatic heterocycles. The average Bonchev–Trinajstić information content (AvgIpc) is 2.53. The van der Waals surface area contributed by atoms with Crippen molar-refractivity contribution in [3.63, 3.8) is 0 Å². The minimum absolute atomic E-state index is 0.0778. The Kier molecular flexibility index (Phi) is 5.25. The molecular weight excluding hydrogens is 286 g/mol. The smallest absolute Gasteiger partial charge is 0.303 e. The monoisotopic (exact) mass is 307 g/mol. The Morgan fingerprint density at radius 3 is 2.14 bits per heavy atom. The molecule has 0 unspecified atom stereocenters. The third-order valence-corrected chi connectivity index (χ3v) is 3.96. The van der Waals surface area contributed by atoms with Crippen LogP contribution in [0.4, 0.5) is 0 Å². The van der Waals surface area contributed by atoms with Crippen LogP contribution in [-0.2, 0) is 4.79 Å². The van der Waals surface area contributed by atoms with Gasteiger partial charge in [-0.2, -0.15) is 0 Å². The number of carboxylic acid groups (broad SMARTS) is 1. The summed E-state index contributed by atoms with van der Waals surface area (Å²) < 4.78 is 10.4. The number of aliphatic carboxylic acids is 1. The Morgan fingerprint density at radius 1 is 1.14 bits per heavy atom. The minimum atomic E-state index is -0.776. The van der Waals surface area contributed by atoms with Gasteiger partial charge in [0.15, 0.2) is 0 Å². The van der Waals surface area contributed by atoms with Gasteiger partial charge in [0.25, 0.3) is 5.91 Å². The first kappa shape index (κ1) is 16.1. The van der Waals surface area contributed by atoms with Crippen LogP contribution in [0.1, 0.15) is 29.6 Å². The van der Waals surface area contributed by atoms with Gasteiger partial charge in [0.1, 0.15) is 11.5 Å². The average molecular weight is 307 g/mol. The maximum Gasteiger partial charge on any atom is 0.303 e. The lowest BCUT2D eigenvalue weighted by atomic mass is 9.93. The van der Waals surface area contributed by atoms with Crippen LogP contribution in [0.15, 0.2) is 18.2 Å². The molecule has 1 N–H and O–H groups in total. The predicted octanol–water partition coefficient (Wildman–Crippen LogP) is 2.03. The van der Waals surface area contributed by atoms with Gasteiger partial charge in [0.2, 0.25) is 0 Å². The summed E-state index contributed by atoms with van der Waals surface area (Å²) in [5.74, 6) is 0.446. The molecule has 0 saturated carbocycles. The summed E-state index contributed by atoms with van der Waals surface area (Å²) in [6.07, 6.45) is 1.62. The molecule has 0 radical (unpaired) electrons. The maximum absolute atomic E-state index is 12.6. The standard InChI is InChI=1S/C16H21NO5/c1-21-13-8-12(9-14(10-13)22-2)16(20)17-5-3-11(4-6-17)7-15(18)19/h8-11H,3-7H2,1-2H3,(H,18,19). The van der Waals surface area contributed by atoms with Crippen LogP contribution in [0.2, 0.25) is 0 Å². The largest absolute Gasteiger partial charge is 0.497 e. The molecule has 1 aliphatic rings. The van der Waals surface area contributed by atoms with Crippen LogP contribution in [0.3, 0.4) is 0 Å². The van der Waals surface area contributed by atoms with E-state index in [9.17, 15) is 9.59 Å². The quantitative estimate of drug-likeness (QED) is 0.900. The highest BCUT2D eigenvalue weighted by Crippen LogP contribution is 2.26. The summed E-state index contributed by atoms with van der Waals surface area (Å²) in [4.78, 5) is 25.1. The third-order valence-electron chi connectivity index (χ3n) is 3.96. The van der Waals surface area contributed by atoms with Crippen LogP contribution in [0.5, 0.6) is 11.5 Å². The van der Waals surface area contributed by atoms with Gasteiger partial charge in [-0.25, -0.2) is 0 Å². The molecule has 1 fully saturated rings. The zero-order chi connectivity index (χ0) is 16.1. The summed E-state index contributed by atoms with van der Waals surface area (Å²) in [5.41, 5.74) is 0.521. The van der Waals surface area contributed by atoms with E-state index >= 15 is 0 Å². The third kappa shape index (κ3) is 3.90. The Balaban J connectivity index is 2.05. The number of carbonyl (C=O) groups is 2. The van der Waals surface area contributed by atoms with Crippen LogP contribution >= 0.6 is 0 Å². The predicted molar refractivity (Wildman–Crippen MR) is 80.4 cm³/mol. The molecule has 1 aliphatic heterocycles. The van der Waals surface area contributed by atoms with Gasteiger partial charge in [-0.3, -0.25) is 9.59 Å². The number of likely N-dealkylation sites (tertiary alicyclic amines) is 1. The van der Waals surface area contributed by atoms with Crippen LogP contribution in [0.25, 0.3) is 0 Å². The molecule has 0 aliphatic carbocycles. The number of hydrogen-bond donors (Lipinski definition) is 1. The van der Waals surface area contributed by atoms with Crippen molar-refractivity contribution < 1.29 is 24.2 Å². The van der Waals surface area contributed by atoms with Gasteiger partial charge in [0, 0.05) is 31.1 Å². The van der Waals surface area contributed by atoms with E-state index in [4.69, 9.17) is 14.6 Å². The number of rotatable bonds is 5. The van der Waals surface area contributed by atoms with Crippen molar-refractivity contribution in [2.75, 3.05) is 27.3 Å². The highest BCUT2D eigenvalue weighted by molar-refractivity contribution is 5.95. The van der Waals surface area contributed by atoms with Gasteiger partial charge in [-0.05, 0) is 30.9 Å². The number of benzene rings is 1. The fourth-order valence-electron chi connectivity index (χ4n) is 2.70. The second kappa shape index (κ2) is 7.15. The van der Waals surface area contributed by atoms with Crippen molar-refractivity contribution in [3.8, 4) is 11.5 Å². The summed E-state index contributed by atoms with van der Waals surface area (Å²) in [7, 11) is 3.08. The number of methoxy groups -OCH3 is 2. The molecule has 2 rings (SSSR count). The fraction of sp³-hybridized carbons (Fsp3) is 0.500.